The van der Waals surface area contributed by atoms with Crippen LogP contribution >= 0.6 is 0 Å². The second-order valence-electron chi connectivity index (χ2n) is 4.80. The van der Waals surface area contributed by atoms with Crippen molar-refractivity contribution in [3.8, 4) is 0 Å². The first-order valence-corrected chi connectivity index (χ1v) is 6.84. The Labute approximate surface area is 104 Å². The maximum absolute atomic E-state index is 11.6. The molecular weight excluding hydrogens is 216 g/mol. The summed E-state index contributed by atoms with van der Waals surface area (Å²) in [7, 11) is 0. The highest BCUT2D eigenvalue weighted by Gasteiger charge is 2.15. The van der Waals surface area contributed by atoms with Crippen LogP contribution in [0, 0.1) is 0 Å². The van der Waals surface area contributed by atoms with Crippen LogP contribution in [0.4, 0.5) is 0 Å². The zero-order chi connectivity index (χ0) is 12.5. The molecule has 0 aliphatic heterocycles. The lowest BCUT2D eigenvalue weighted by Crippen LogP contribution is -2.42. The van der Waals surface area contributed by atoms with E-state index in [-0.39, 0.29) is 12.0 Å². The highest BCUT2D eigenvalue weighted by molar-refractivity contribution is 5.78. The lowest BCUT2D eigenvalue weighted by atomic mass is 9.95. The number of ether oxygens (including phenoxy) is 1. The summed E-state index contributed by atoms with van der Waals surface area (Å²) in [5.41, 5.74) is 0. The Morgan fingerprint density at radius 3 is 2.71 bits per heavy atom. The molecule has 1 rings (SSSR count). The summed E-state index contributed by atoms with van der Waals surface area (Å²) in [5, 5.41) is 6.20. The van der Waals surface area contributed by atoms with Crippen molar-refractivity contribution in [2.75, 3.05) is 19.7 Å². The van der Waals surface area contributed by atoms with Crippen LogP contribution in [-0.4, -0.2) is 37.7 Å². The maximum atomic E-state index is 11.6. The van der Waals surface area contributed by atoms with Gasteiger partial charge in [0.25, 0.3) is 0 Å². The zero-order valence-electron chi connectivity index (χ0n) is 11.1. The van der Waals surface area contributed by atoms with Gasteiger partial charge in [-0.1, -0.05) is 19.3 Å². The Balaban J connectivity index is 2.04. The molecule has 100 valence electrons. The van der Waals surface area contributed by atoms with Crippen LogP contribution in [0.25, 0.3) is 0 Å². The zero-order valence-corrected chi connectivity index (χ0v) is 11.1. The van der Waals surface area contributed by atoms with Crippen LogP contribution in [0.2, 0.25) is 0 Å². The van der Waals surface area contributed by atoms with Crippen molar-refractivity contribution in [1.29, 1.82) is 0 Å². The average molecular weight is 242 g/mol. The largest absolute Gasteiger partial charge is 0.377 e. The molecule has 0 bridgehead atoms. The first kappa shape index (κ1) is 14.5. The van der Waals surface area contributed by atoms with Crippen molar-refractivity contribution in [2.45, 2.75) is 58.1 Å². The molecule has 0 aromatic heterocycles. The van der Waals surface area contributed by atoms with E-state index in [0.29, 0.717) is 12.6 Å². The minimum absolute atomic E-state index is 0.112. The number of hydrogen-bond donors (Lipinski definition) is 2. The van der Waals surface area contributed by atoms with Gasteiger partial charge in [0.05, 0.1) is 12.6 Å². The number of amides is 1. The molecule has 4 heteroatoms. The lowest BCUT2D eigenvalue weighted by molar-refractivity contribution is -0.121. The van der Waals surface area contributed by atoms with Gasteiger partial charge < -0.3 is 15.4 Å². The van der Waals surface area contributed by atoms with Crippen LogP contribution in [0.1, 0.15) is 46.0 Å². The fourth-order valence-corrected chi connectivity index (χ4v) is 2.26. The van der Waals surface area contributed by atoms with Crippen molar-refractivity contribution in [3.63, 3.8) is 0 Å². The quantitative estimate of drug-likeness (QED) is 0.710. The van der Waals surface area contributed by atoms with Crippen molar-refractivity contribution in [2.24, 2.45) is 0 Å². The van der Waals surface area contributed by atoms with E-state index in [1.165, 1.54) is 19.3 Å². The minimum atomic E-state index is 0.112. The summed E-state index contributed by atoms with van der Waals surface area (Å²) < 4.78 is 5.38. The maximum Gasteiger partial charge on any atom is 0.234 e. The number of carbonyl (C=O) groups excluding carboxylic acids is 1. The van der Waals surface area contributed by atoms with Gasteiger partial charge in [-0.25, -0.2) is 0 Å². The molecule has 0 heterocycles. The van der Waals surface area contributed by atoms with Gasteiger partial charge >= 0.3 is 0 Å². The van der Waals surface area contributed by atoms with E-state index in [4.69, 9.17) is 4.74 Å². The smallest absolute Gasteiger partial charge is 0.234 e. The Kier molecular flexibility index (Phi) is 7.21. The van der Waals surface area contributed by atoms with Gasteiger partial charge in [0.1, 0.15) is 0 Å². The predicted octanol–water partition coefficient (Wildman–Crippen LogP) is 1.45. The lowest BCUT2D eigenvalue weighted by Gasteiger charge is -2.23. The van der Waals surface area contributed by atoms with E-state index >= 15 is 0 Å². The third-order valence-electron chi connectivity index (χ3n) is 3.14. The molecule has 2 N–H and O–H groups in total. The van der Waals surface area contributed by atoms with Crippen molar-refractivity contribution in [3.05, 3.63) is 0 Å². The molecule has 1 fully saturated rings. The molecule has 0 radical (unpaired) electrons. The summed E-state index contributed by atoms with van der Waals surface area (Å²) in [6.45, 7) is 5.83. The normalized spacial score (nSPS) is 18.9. The second-order valence-corrected chi connectivity index (χ2v) is 4.80. The summed E-state index contributed by atoms with van der Waals surface area (Å²) in [6.07, 6.45) is 6.26. The van der Waals surface area contributed by atoms with E-state index in [9.17, 15) is 4.79 Å². The highest BCUT2D eigenvalue weighted by atomic mass is 16.5. The van der Waals surface area contributed by atoms with Crippen molar-refractivity contribution >= 4 is 5.91 Å². The monoisotopic (exact) mass is 242 g/mol. The third-order valence-corrected chi connectivity index (χ3v) is 3.14. The molecule has 4 nitrogen and oxygen atoms in total. The van der Waals surface area contributed by atoms with E-state index in [2.05, 4.69) is 10.6 Å². The number of rotatable bonds is 7. The van der Waals surface area contributed by atoms with Gasteiger partial charge in [-0.05, 0) is 26.7 Å². The molecular formula is C13H26N2O2. The molecule has 0 aromatic carbocycles. The first-order valence-electron chi connectivity index (χ1n) is 6.84. The second kappa shape index (κ2) is 8.48. The van der Waals surface area contributed by atoms with Crippen LogP contribution < -0.4 is 10.6 Å². The van der Waals surface area contributed by atoms with Crippen LogP contribution in [0.5, 0.6) is 0 Å². The average Bonchev–Trinajstić information content (AvgIpc) is 2.30. The molecule has 0 saturated heterocycles. The predicted molar refractivity (Wildman–Crippen MR) is 69.0 cm³/mol. The van der Waals surface area contributed by atoms with Gasteiger partial charge in [0, 0.05) is 19.2 Å². The summed E-state index contributed by atoms with van der Waals surface area (Å²) in [4.78, 5) is 11.6. The van der Waals surface area contributed by atoms with E-state index in [1.807, 2.05) is 13.8 Å². The standard InChI is InChI=1S/C13H26N2O2/c1-3-17-11(2)9-14-10-13(16)15-12-7-5-4-6-8-12/h11-12,14H,3-10H2,1-2H3,(H,15,16). The Morgan fingerprint density at radius 1 is 1.35 bits per heavy atom. The Hall–Kier alpha value is -0.610. The summed E-state index contributed by atoms with van der Waals surface area (Å²) in [5.74, 6) is 0.112. The first-order chi connectivity index (χ1) is 8.22. The molecule has 1 aliphatic rings. The van der Waals surface area contributed by atoms with Crippen molar-refractivity contribution < 1.29 is 9.53 Å². The summed E-state index contributed by atoms with van der Waals surface area (Å²) in [6, 6.07) is 0.405. The van der Waals surface area contributed by atoms with Gasteiger partial charge in [-0.2, -0.15) is 0 Å². The molecule has 1 amide bonds. The highest BCUT2D eigenvalue weighted by Crippen LogP contribution is 2.16. The van der Waals surface area contributed by atoms with Crippen molar-refractivity contribution in [1.82, 2.24) is 10.6 Å². The van der Waals surface area contributed by atoms with E-state index in [0.717, 1.165) is 26.0 Å². The fraction of sp³-hybridized carbons (Fsp3) is 0.923. The van der Waals surface area contributed by atoms with E-state index < -0.39 is 0 Å². The fourth-order valence-electron chi connectivity index (χ4n) is 2.26. The van der Waals surface area contributed by atoms with Gasteiger partial charge in [0.15, 0.2) is 0 Å². The van der Waals surface area contributed by atoms with Gasteiger partial charge in [-0.3, -0.25) is 4.79 Å². The Morgan fingerprint density at radius 2 is 2.06 bits per heavy atom. The SMILES string of the molecule is CCOC(C)CNCC(=O)NC1CCCCC1. The molecule has 17 heavy (non-hydrogen) atoms. The molecule has 1 aliphatic carbocycles. The minimum Gasteiger partial charge on any atom is -0.377 e. The molecule has 0 aromatic rings. The Bertz CT molecular complexity index is 215. The number of hydrogen-bond acceptors (Lipinski definition) is 3. The molecule has 1 atom stereocenters. The summed E-state index contributed by atoms with van der Waals surface area (Å²) >= 11 is 0. The van der Waals surface area contributed by atoms with Crippen LogP contribution in [0.15, 0.2) is 0 Å². The van der Waals surface area contributed by atoms with Crippen LogP contribution in [0.3, 0.4) is 0 Å². The molecule has 0 spiro atoms. The third kappa shape index (κ3) is 6.64. The topological polar surface area (TPSA) is 50.4 Å². The molecule has 1 saturated carbocycles. The van der Waals surface area contributed by atoms with E-state index in [1.54, 1.807) is 0 Å². The van der Waals surface area contributed by atoms with Gasteiger partial charge in [0.2, 0.25) is 5.91 Å². The number of carbonyl (C=O) groups is 1. The van der Waals surface area contributed by atoms with Crippen LogP contribution in [-0.2, 0) is 9.53 Å². The molecule has 1 unspecified atom stereocenters. The number of nitrogens with one attached hydrogen (secondary N) is 2. The van der Waals surface area contributed by atoms with Gasteiger partial charge in [-0.15, -0.1) is 0 Å².